The lowest BCUT2D eigenvalue weighted by Crippen LogP contribution is -2.67. The fourth-order valence-corrected chi connectivity index (χ4v) is 4.31. The molecule has 0 amide bonds. The van der Waals surface area contributed by atoms with Gasteiger partial charge in [0.1, 0.15) is 5.54 Å². The van der Waals surface area contributed by atoms with E-state index >= 15 is 0 Å². The summed E-state index contributed by atoms with van der Waals surface area (Å²) < 4.78 is 0. The fourth-order valence-electron chi connectivity index (χ4n) is 4.31. The highest BCUT2D eigenvalue weighted by molar-refractivity contribution is 5.79. The maximum Gasteiger partial charge on any atom is 0.324 e. The van der Waals surface area contributed by atoms with Gasteiger partial charge in [0.05, 0.1) is 0 Å². The van der Waals surface area contributed by atoms with Crippen molar-refractivity contribution in [2.45, 2.75) is 63.3 Å². The molecule has 96 valence electrons. The zero-order valence-corrected chi connectivity index (χ0v) is 10.6. The maximum absolute atomic E-state index is 11.7. The van der Waals surface area contributed by atoms with E-state index in [2.05, 4.69) is 4.90 Å². The first-order chi connectivity index (χ1) is 8.17. The average molecular weight is 237 g/mol. The van der Waals surface area contributed by atoms with E-state index in [4.69, 9.17) is 0 Å². The van der Waals surface area contributed by atoms with E-state index in [1.54, 1.807) is 0 Å². The van der Waals surface area contributed by atoms with Crippen molar-refractivity contribution in [3.63, 3.8) is 0 Å². The molecule has 1 spiro atoms. The number of carbonyl (C=O) groups is 1. The number of hydrogen-bond donors (Lipinski definition) is 1. The molecule has 0 radical (unpaired) electrons. The first-order valence-electron chi connectivity index (χ1n) is 7.16. The quantitative estimate of drug-likeness (QED) is 0.802. The van der Waals surface area contributed by atoms with Gasteiger partial charge in [-0.15, -0.1) is 0 Å². The molecule has 0 aromatic carbocycles. The summed E-state index contributed by atoms with van der Waals surface area (Å²) in [5.41, 5.74) is 0.0198. The Labute approximate surface area is 103 Å². The third kappa shape index (κ3) is 1.70. The molecule has 3 rings (SSSR count). The van der Waals surface area contributed by atoms with Crippen molar-refractivity contribution in [1.29, 1.82) is 0 Å². The average Bonchev–Trinajstić information content (AvgIpc) is 2.77. The van der Waals surface area contributed by atoms with Gasteiger partial charge < -0.3 is 5.11 Å². The highest BCUT2D eigenvalue weighted by atomic mass is 16.4. The van der Waals surface area contributed by atoms with Crippen molar-refractivity contribution in [1.82, 2.24) is 4.90 Å². The summed E-state index contributed by atoms with van der Waals surface area (Å²) in [4.78, 5) is 14.0. The maximum atomic E-state index is 11.7. The lowest BCUT2D eigenvalue weighted by atomic mass is 9.71. The molecular formula is C14H23NO2. The molecule has 3 nitrogen and oxygen atoms in total. The normalized spacial score (nSPS) is 31.3. The summed E-state index contributed by atoms with van der Waals surface area (Å²) in [6, 6.07) is 0. The predicted octanol–water partition coefficient (Wildman–Crippen LogP) is 2.65. The summed E-state index contributed by atoms with van der Waals surface area (Å²) in [5.74, 6) is -0.565. The molecule has 0 bridgehead atoms. The smallest absolute Gasteiger partial charge is 0.324 e. The van der Waals surface area contributed by atoms with E-state index in [-0.39, 0.29) is 0 Å². The molecule has 1 N–H and O–H groups in total. The van der Waals surface area contributed by atoms with Crippen LogP contribution >= 0.6 is 0 Å². The molecule has 0 atom stereocenters. The van der Waals surface area contributed by atoms with Gasteiger partial charge in [0.25, 0.3) is 0 Å². The molecule has 1 heterocycles. The minimum Gasteiger partial charge on any atom is -0.480 e. The lowest BCUT2D eigenvalue weighted by molar-refractivity contribution is -0.167. The molecule has 3 fully saturated rings. The SMILES string of the molecule is O=C(O)C1(N2CC3(CCCC3)C2)CCCCC1. The summed E-state index contributed by atoms with van der Waals surface area (Å²) in [7, 11) is 0. The zero-order chi connectivity index (χ0) is 11.9. The van der Waals surface area contributed by atoms with Crippen molar-refractivity contribution in [2.75, 3.05) is 13.1 Å². The molecule has 3 aliphatic rings. The number of carboxylic acid groups (broad SMARTS) is 1. The third-order valence-electron chi connectivity index (χ3n) is 5.40. The molecule has 3 heteroatoms. The van der Waals surface area contributed by atoms with E-state index in [0.29, 0.717) is 5.41 Å². The number of rotatable bonds is 2. The van der Waals surface area contributed by atoms with E-state index in [0.717, 1.165) is 38.8 Å². The van der Waals surface area contributed by atoms with Crippen LogP contribution < -0.4 is 0 Å². The Bertz CT molecular complexity index is 306. The Kier molecular flexibility index (Phi) is 2.69. The van der Waals surface area contributed by atoms with Crippen LogP contribution in [-0.2, 0) is 4.79 Å². The van der Waals surface area contributed by atoms with Gasteiger partial charge >= 0.3 is 5.97 Å². The fraction of sp³-hybridized carbons (Fsp3) is 0.929. The van der Waals surface area contributed by atoms with Gasteiger partial charge in [0.15, 0.2) is 0 Å². The van der Waals surface area contributed by atoms with Gasteiger partial charge in [0.2, 0.25) is 0 Å². The minimum absolute atomic E-state index is 0.494. The van der Waals surface area contributed by atoms with Crippen LogP contribution in [0.3, 0.4) is 0 Å². The molecule has 0 aromatic rings. The number of likely N-dealkylation sites (tertiary alicyclic amines) is 1. The number of nitrogens with zero attached hydrogens (tertiary/aromatic N) is 1. The van der Waals surface area contributed by atoms with Crippen LogP contribution in [0.25, 0.3) is 0 Å². The first-order valence-corrected chi connectivity index (χ1v) is 7.16. The van der Waals surface area contributed by atoms with E-state index in [1.807, 2.05) is 0 Å². The van der Waals surface area contributed by atoms with Gasteiger partial charge in [-0.25, -0.2) is 0 Å². The second kappa shape index (κ2) is 3.98. The second-order valence-corrected chi connectivity index (χ2v) is 6.46. The summed E-state index contributed by atoms with van der Waals surface area (Å²) in [5, 5.41) is 9.61. The highest BCUT2D eigenvalue weighted by Crippen LogP contribution is 2.50. The Morgan fingerprint density at radius 1 is 0.882 bits per heavy atom. The van der Waals surface area contributed by atoms with Crippen molar-refractivity contribution in [2.24, 2.45) is 5.41 Å². The van der Waals surface area contributed by atoms with Gasteiger partial charge in [-0.1, -0.05) is 32.1 Å². The lowest BCUT2D eigenvalue weighted by Gasteiger charge is -2.57. The molecular weight excluding hydrogens is 214 g/mol. The van der Waals surface area contributed by atoms with Crippen LogP contribution in [0.1, 0.15) is 57.8 Å². The van der Waals surface area contributed by atoms with Gasteiger partial charge in [-0.2, -0.15) is 0 Å². The minimum atomic E-state index is -0.565. The summed E-state index contributed by atoms with van der Waals surface area (Å²) in [6.45, 7) is 2.11. The van der Waals surface area contributed by atoms with Crippen molar-refractivity contribution in [3.05, 3.63) is 0 Å². The third-order valence-corrected chi connectivity index (χ3v) is 5.40. The summed E-state index contributed by atoms with van der Waals surface area (Å²) >= 11 is 0. The van der Waals surface area contributed by atoms with Crippen LogP contribution in [0.4, 0.5) is 0 Å². The molecule has 1 saturated heterocycles. The highest BCUT2D eigenvalue weighted by Gasteiger charge is 2.55. The van der Waals surface area contributed by atoms with E-state index in [9.17, 15) is 9.90 Å². The van der Waals surface area contributed by atoms with E-state index in [1.165, 1.54) is 32.1 Å². The molecule has 0 aromatic heterocycles. The Balaban J connectivity index is 1.71. The Morgan fingerprint density at radius 2 is 1.41 bits per heavy atom. The predicted molar refractivity (Wildman–Crippen MR) is 65.9 cm³/mol. The molecule has 17 heavy (non-hydrogen) atoms. The van der Waals surface area contributed by atoms with Crippen molar-refractivity contribution in [3.8, 4) is 0 Å². The van der Waals surface area contributed by atoms with Crippen molar-refractivity contribution < 1.29 is 9.90 Å². The molecule has 0 unspecified atom stereocenters. The van der Waals surface area contributed by atoms with Gasteiger partial charge in [-0.3, -0.25) is 9.69 Å². The Morgan fingerprint density at radius 3 is 1.94 bits per heavy atom. The largest absolute Gasteiger partial charge is 0.480 e. The van der Waals surface area contributed by atoms with Crippen LogP contribution in [0.2, 0.25) is 0 Å². The number of aliphatic carboxylic acids is 1. The molecule has 2 aliphatic carbocycles. The Hall–Kier alpha value is -0.570. The number of hydrogen-bond acceptors (Lipinski definition) is 2. The van der Waals surface area contributed by atoms with Crippen LogP contribution in [0, 0.1) is 5.41 Å². The standard InChI is InChI=1S/C14H23NO2/c16-12(17)14(8-2-1-3-9-14)15-10-13(11-15)6-4-5-7-13/h1-11H2,(H,16,17). The second-order valence-electron chi connectivity index (χ2n) is 6.46. The van der Waals surface area contributed by atoms with Crippen LogP contribution in [-0.4, -0.2) is 34.6 Å². The monoisotopic (exact) mass is 237 g/mol. The van der Waals surface area contributed by atoms with Crippen molar-refractivity contribution >= 4 is 5.97 Å². The zero-order valence-electron chi connectivity index (χ0n) is 10.6. The van der Waals surface area contributed by atoms with E-state index < -0.39 is 11.5 Å². The first kappa shape index (κ1) is 11.5. The molecule has 2 saturated carbocycles. The van der Waals surface area contributed by atoms with Gasteiger partial charge in [0, 0.05) is 13.1 Å². The van der Waals surface area contributed by atoms with Crippen LogP contribution in [0.5, 0.6) is 0 Å². The van der Waals surface area contributed by atoms with Gasteiger partial charge in [-0.05, 0) is 31.1 Å². The number of carboxylic acids is 1. The molecule has 1 aliphatic heterocycles. The van der Waals surface area contributed by atoms with Crippen LogP contribution in [0.15, 0.2) is 0 Å². The summed E-state index contributed by atoms with van der Waals surface area (Å²) in [6.07, 6.45) is 10.5. The topological polar surface area (TPSA) is 40.5 Å².